The van der Waals surface area contributed by atoms with Crippen molar-refractivity contribution in [2.75, 3.05) is 17.7 Å². The number of nitrogens with one attached hydrogen (secondary N) is 1. The molecule has 0 fully saturated rings. The molecule has 2 N–H and O–H groups in total. The van der Waals surface area contributed by atoms with Crippen LogP contribution in [0.3, 0.4) is 0 Å². The fourth-order valence-corrected chi connectivity index (χ4v) is 2.33. The second-order valence-corrected chi connectivity index (χ2v) is 6.09. The topological polar surface area (TPSA) is 49.3 Å². The van der Waals surface area contributed by atoms with Crippen molar-refractivity contribution >= 4 is 23.4 Å². The summed E-state index contributed by atoms with van der Waals surface area (Å²) < 4.78 is 13.1. The van der Waals surface area contributed by atoms with Gasteiger partial charge in [0.2, 0.25) is 5.91 Å². The maximum Gasteiger partial charge on any atom is 0.237 e. The van der Waals surface area contributed by atoms with Gasteiger partial charge >= 0.3 is 0 Å². The van der Waals surface area contributed by atoms with Crippen molar-refractivity contribution in [2.45, 2.75) is 26.0 Å². The second-order valence-electron chi connectivity index (χ2n) is 4.71. The molecule has 1 aromatic rings. The number of hydrogen-bond donors (Lipinski definition) is 2. The quantitative estimate of drug-likeness (QED) is 0.845. The number of anilines is 1. The minimum atomic E-state index is -0.366. The summed E-state index contributed by atoms with van der Waals surface area (Å²) in [6.07, 6.45) is 0. The van der Waals surface area contributed by atoms with Crippen LogP contribution in [0.2, 0.25) is 0 Å². The minimum absolute atomic E-state index is 0.115. The predicted molar refractivity (Wildman–Crippen MR) is 77.9 cm³/mol. The molecule has 1 amide bonds. The summed E-state index contributed by atoms with van der Waals surface area (Å²) in [7, 11) is 0. The highest BCUT2D eigenvalue weighted by molar-refractivity contribution is 8.00. The molecule has 0 radical (unpaired) electrons. The van der Waals surface area contributed by atoms with Gasteiger partial charge in [0.25, 0.3) is 0 Å². The Kier molecular flexibility index (Phi) is 6.31. The van der Waals surface area contributed by atoms with E-state index in [2.05, 4.69) is 5.32 Å². The number of thioether (sulfide) groups is 1. The Balaban J connectivity index is 2.56. The highest BCUT2D eigenvalue weighted by Crippen LogP contribution is 2.20. The summed E-state index contributed by atoms with van der Waals surface area (Å²) in [5.41, 5.74) is 1.34. The fraction of sp³-hybridized carbons (Fsp3) is 0.500. The maximum absolute atomic E-state index is 13.1. The summed E-state index contributed by atoms with van der Waals surface area (Å²) in [5.74, 6) is 0.364. The number of hydrogen-bond acceptors (Lipinski definition) is 3. The highest BCUT2D eigenvalue weighted by Gasteiger charge is 2.15. The number of aliphatic hydroxyl groups excluding tert-OH is 1. The van der Waals surface area contributed by atoms with Crippen LogP contribution in [-0.2, 0) is 4.79 Å². The number of carbonyl (C=O) groups is 1. The first kappa shape index (κ1) is 16.0. The van der Waals surface area contributed by atoms with Gasteiger partial charge in [-0.3, -0.25) is 4.79 Å². The van der Waals surface area contributed by atoms with E-state index in [1.165, 1.54) is 23.9 Å². The van der Waals surface area contributed by atoms with E-state index in [1.54, 1.807) is 13.0 Å². The van der Waals surface area contributed by atoms with Gasteiger partial charge in [-0.2, -0.15) is 0 Å². The number of carbonyl (C=O) groups excluding carboxylic acids is 1. The lowest BCUT2D eigenvalue weighted by molar-refractivity contribution is -0.115. The molecule has 2 atom stereocenters. The van der Waals surface area contributed by atoms with Crippen molar-refractivity contribution in [1.29, 1.82) is 0 Å². The van der Waals surface area contributed by atoms with Crippen LogP contribution >= 0.6 is 11.8 Å². The van der Waals surface area contributed by atoms with Crippen molar-refractivity contribution in [2.24, 2.45) is 5.92 Å². The first-order valence-corrected chi connectivity index (χ1v) is 7.28. The zero-order valence-corrected chi connectivity index (χ0v) is 12.3. The van der Waals surface area contributed by atoms with Gasteiger partial charge in [0.15, 0.2) is 0 Å². The van der Waals surface area contributed by atoms with E-state index < -0.39 is 0 Å². The van der Waals surface area contributed by atoms with Gasteiger partial charge in [0.05, 0.1) is 5.25 Å². The summed E-state index contributed by atoms with van der Waals surface area (Å²) in [5, 5.41) is 11.4. The lowest BCUT2D eigenvalue weighted by Gasteiger charge is -2.15. The molecule has 0 bridgehead atoms. The van der Waals surface area contributed by atoms with Crippen LogP contribution in [-0.4, -0.2) is 28.6 Å². The van der Waals surface area contributed by atoms with Crippen molar-refractivity contribution < 1.29 is 14.3 Å². The third-order valence-electron chi connectivity index (χ3n) is 2.77. The Morgan fingerprint density at radius 1 is 1.47 bits per heavy atom. The first-order valence-electron chi connectivity index (χ1n) is 6.23. The van der Waals surface area contributed by atoms with E-state index in [-0.39, 0.29) is 29.5 Å². The molecule has 0 saturated carbocycles. The van der Waals surface area contributed by atoms with Crippen LogP contribution < -0.4 is 5.32 Å². The lowest BCUT2D eigenvalue weighted by Crippen LogP contribution is -2.24. The SMILES string of the molecule is Cc1ccc(F)cc1NC(=O)[C@H](C)SC[C@H](C)CO. The summed E-state index contributed by atoms with van der Waals surface area (Å²) in [6, 6.07) is 4.32. The Hall–Kier alpha value is -1.07. The third-order valence-corrected chi connectivity index (χ3v) is 4.24. The predicted octanol–water partition coefficient (Wildman–Crippen LogP) is 2.82. The van der Waals surface area contributed by atoms with Gasteiger partial charge in [0.1, 0.15) is 5.82 Å². The summed E-state index contributed by atoms with van der Waals surface area (Å²) >= 11 is 1.48. The Morgan fingerprint density at radius 3 is 2.79 bits per heavy atom. The highest BCUT2D eigenvalue weighted by atomic mass is 32.2. The molecule has 5 heteroatoms. The number of aryl methyl sites for hydroxylation is 1. The molecule has 0 aliphatic carbocycles. The Labute approximate surface area is 117 Å². The van der Waals surface area contributed by atoms with E-state index in [9.17, 15) is 9.18 Å². The van der Waals surface area contributed by atoms with Crippen LogP contribution in [0.5, 0.6) is 0 Å². The number of benzene rings is 1. The molecule has 0 unspecified atom stereocenters. The molecule has 0 aromatic heterocycles. The molecule has 3 nitrogen and oxygen atoms in total. The molecule has 0 aliphatic heterocycles. The molecular weight excluding hydrogens is 265 g/mol. The van der Waals surface area contributed by atoms with Gasteiger partial charge in [0, 0.05) is 12.3 Å². The minimum Gasteiger partial charge on any atom is -0.396 e. The Morgan fingerprint density at radius 2 is 2.16 bits per heavy atom. The van der Waals surface area contributed by atoms with E-state index in [0.29, 0.717) is 11.4 Å². The third kappa shape index (κ3) is 5.20. The van der Waals surface area contributed by atoms with Gasteiger partial charge in [-0.15, -0.1) is 11.8 Å². The van der Waals surface area contributed by atoms with Crippen molar-refractivity contribution in [3.05, 3.63) is 29.6 Å². The van der Waals surface area contributed by atoms with Gasteiger partial charge in [-0.1, -0.05) is 13.0 Å². The van der Waals surface area contributed by atoms with Crippen molar-refractivity contribution in [1.82, 2.24) is 0 Å². The number of rotatable bonds is 6. The normalized spacial score (nSPS) is 13.9. The zero-order valence-electron chi connectivity index (χ0n) is 11.4. The zero-order chi connectivity index (χ0) is 14.4. The molecule has 0 spiro atoms. The van der Waals surface area contributed by atoms with Gasteiger partial charge in [-0.25, -0.2) is 4.39 Å². The van der Waals surface area contributed by atoms with Crippen LogP contribution in [0.4, 0.5) is 10.1 Å². The number of halogens is 1. The molecule has 1 rings (SSSR count). The van der Waals surface area contributed by atoms with Crippen molar-refractivity contribution in [3.8, 4) is 0 Å². The number of amides is 1. The standard InChI is InChI=1S/C14H20FNO2S/c1-9(7-17)8-19-11(3)14(18)16-13-6-12(15)5-4-10(13)2/h4-6,9,11,17H,7-8H2,1-3H3,(H,16,18)/t9-,11+/m1/s1. The molecule has 1 aromatic carbocycles. The van der Waals surface area contributed by atoms with Gasteiger partial charge < -0.3 is 10.4 Å². The summed E-state index contributed by atoms with van der Waals surface area (Å²) in [6.45, 7) is 5.66. The molecule has 0 heterocycles. The number of aliphatic hydroxyl groups is 1. The van der Waals surface area contributed by atoms with E-state index in [4.69, 9.17) is 5.11 Å². The molecule has 106 valence electrons. The molecular formula is C14H20FNO2S. The Bertz CT molecular complexity index is 439. The van der Waals surface area contributed by atoms with Crippen LogP contribution in [0.15, 0.2) is 18.2 Å². The summed E-state index contributed by atoms with van der Waals surface area (Å²) in [4.78, 5) is 12.0. The second kappa shape index (κ2) is 7.50. The van der Waals surface area contributed by atoms with E-state index in [1.807, 2.05) is 13.8 Å². The molecule has 19 heavy (non-hydrogen) atoms. The molecule has 0 aliphatic rings. The molecule has 0 saturated heterocycles. The fourth-order valence-electron chi connectivity index (χ4n) is 1.40. The smallest absolute Gasteiger partial charge is 0.237 e. The van der Waals surface area contributed by atoms with Gasteiger partial charge in [-0.05, 0) is 43.2 Å². The first-order chi connectivity index (χ1) is 8.93. The average molecular weight is 285 g/mol. The monoisotopic (exact) mass is 285 g/mol. The average Bonchev–Trinajstić information content (AvgIpc) is 2.39. The van der Waals surface area contributed by atoms with E-state index in [0.717, 1.165) is 5.56 Å². The van der Waals surface area contributed by atoms with E-state index >= 15 is 0 Å². The largest absolute Gasteiger partial charge is 0.396 e. The van der Waals surface area contributed by atoms with Crippen LogP contribution in [0.25, 0.3) is 0 Å². The maximum atomic E-state index is 13.1. The van der Waals surface area contributed by atoms with Crippen LogP contribution in [0, 0.1) is 18.7 Å². The lowest BCUT2D eigenvalue weighted by atomic mass is 10.2. The van der Waals surface area contributed by atoms with Crippen LogP contribution in [0.1, 0.15) is 19.4 Å². The van der Waals surface area contributed by atoms with Crippen molar-refractivity contribution in [3.63, 3.8) is 0 Å².